The van der Waals surface area contributed by atoms with Gasteiger partial charge in [0, 0.05) is 44.6 Å². The van der Waals surface area contributed by atoms with E-state index in [1.165, 1.54) is 18.4 Å². The summed E-state index contributed by atoms with van der Waals surface area (Å²) in [5.74, 6) is -0.459. The summed E-state index contributed by atoms with van der Waals surface area (Å²) in [6.07, 6.45) is 1.17. The third-order valence-corrected chi connectivity index (χ3v) is 7.40. The maximum atomic E-state index is 13.2. The molecule has 1 aromatic heterocycles. The van der Waals surface area contributed by atoms with Crippen molar-refractivity contribution in [1.29, 1.82) is 0 Å². The van der Waals surface area contributed by atoms with Crippen molar-refractivity contribution in [3.63, 3.8) is 0 Å². The molecule has 0 bridgehead atoms. The Balaban J connectivity index is 1.87. The van der Waals surface area contributed by atoms with Gasteiger partial charge in [0.2, 0.25) is 10.0 Å². The molecular formula is C21H29N3O5S. The number of nitrogens with zero attached hydrogens (tertiary/aromatic N) is 3. The van der Waals surface area contributed by atoms with Crippen LogP contribution in [0.3, 0.4) is 0 Å². The van der Waals surface area contributed by atoms with E-state index in [2.05, 4.69) is 0 Å². The van der Waals surface area contributed by atoms with Gasteiger partial charge in [-0.15, -0.1) is 0 Å². The lowest BCUT2D eigenvalue weighted by molar-refractivity contribution is -0.149. The number of rotatable bonds is 6. The Hall–Kier alpha value is -2.39. The summed E-state index contributed by atoms with van der Waals surface area (Å²) in [6.45, 7) is 5.67. The molecule has 1 amide bonds. The number of carbonyl (C=O) groups excluding carboxylic acids is 2. The summed E-state index contributed by atoms with van der Waals surface area (Å²) in [5, 5.41) is 0.713. The number of piperidine rings is 1. The lowest BCUT2D eigenvalue weighted by Crippen LogP contribution is -2.41. The Bertz CT molecular complexity index is 1050. The quantitative estimate of drug-likeness (QED) is 0.650. The van der Waals surface area contributed by atoms with Crippen LogP contribution in [0.25, 0.3) is 10.9 Å². The molecule has 164 valence electrons. The zero-order valence-corrected chi connectivity index (χ0v) is 18.7. The van der Waals surface area contributed by atoms with Crippen molar-refractivity contribution in [1.82, 2.24) is 13.8 Å². The summed E-state index contributed by atoms with van der Waals surface area (Å²) in [4.78, 5) is 27.1. The normalized spacial score (nSPS) is 15.7. The van der Waals surface area contributed by atoms with Crippen molar-refractivity contribution >= 4 is 32.8 Å². The van der Waals surface area contributed by atoms with E-state index in [1.807, 2.05) is 11.5 Å². The largest absolute Gasteiger partial charge is 0.466 e. The first kappa shape index (κ1) is 22.3. The zero-order chi connectivity index (χ0) is 22.1. The molecule has 1 saturated heterocycles. The molecule has 0 N–H and O–H groups in total. The minimum absolute atomic E-state index is 0.104. The highest BCUT2D eigenvalue weighted by molar-refractivity contribution is 7.89. The minimum Gasteiger partial charge on any atom is -0.466 e. The lowest BCUT2D eigenvalue weighted by atomic mass is 9.97. The van der Waals surface area contributed by atoms with E-state index in [1.54, 1.807) is 36.1 Å². The molecule has 1 aliphatic rings. The van der Waals surface area contributed by atoms with Gasteiger partial charge in [-0.1, -0.05) is 0 Å². The molecule has 8 nitrogen and oxygen atoms in total. The molecule has 0 spiro atoms. The number of sulfonamides is 1. The van der Waals surface area contributed by atoms with Gasteiger partial charge >= 0.3 is 5.97 Å². The van der Waals surface area contributed by atoms with E-state index >= 15 is 0 Å². The molecule has 1 aromatic carbocycles. The third-order valence-electron chi connectivity index (χ3n) is 5.59. The van der Waals surface area contributed by atoms with Crippen LogP contribution in [0.5, 0.6) is 0 Å². The van der Waals surface area contributed by atoms with Crippen LogP contribution in [0.2, 0.25) is 0 Å². The van der Waals surface area contributed by atoms with Crippen molar-refractivity contribution in [3.05, 3.63) is 30.0 Å². The number of ether oxygens (including phenoxy) is 1. The first-order valence-electron chi connectivity index (χ1n) is 10.2. The van der Waals surface area contributed by atoms with Gasteiger partial charge in [-0.25, -0.2) is 12.7 Å². The molecule has 9 heteroatoms. The second-order valence-electron chi connectivity index (χ2n) is 7.60. The molecule has 0 aliphatic carbocycles. The van der Waals surface area contributed by atoms with Gasteiger partial charge < -0.3 is 14.2 Å². The molecule has 0 radical (unpaired) electrons. The van der Waals surface area contributed by atoms with Crippen LogP contribution in [0.4, 0.5) is 0 Å². The SMILES string of the molecule is CCOC(=O)C1CCN(C(=O)c2cc3cc(S(=O)(=O)N(C)C)ccc3n2CC)CC1. The lowest BCUT2D eigenvalue weighted by Gasteiger charge is -2.31. The van der Waals surface area contributed by atoms with Crippen LogP contribution in [-0.4, -0.2) is 67.9 Å². The van der Waals surface area contributed by atoms with Crippen molar-refractivity contribution in [2.45, 2.75) is 38.1 Å². The zero-order valence-electron chi connectivity index (χ0n) is 17.9. The number of fused-ring (bicyclic) bond motifs is 1. The number of aryl methyl sites for hydroxylation is 1. The van der Waals surface area contributed by atoms with Crippen LogP contribution in [0.1, 0.15) is 37.2 Å². The molecule has 30 heavy (non-hydrogen) atoms. The molecule has 0 unspecified atom stereocenters. The summed E-state index contributed by atoms with van der Waals surface area (Å²) in [6, 6.07) is 6.69. The molecule has 1 aliphatic heterocycles. The number of hydrogen-bond donors (Lipinski definition) is 0. The molecule has 2 heterocycles. The second-order valence-corrected chi connectivity index (χ2v) is 9.75. The van der Waals surface area contributed by atoms with E-state index in [4.69, 9.17) is 4.74 Å². The number of likely N-dealkylation sites (tertiary alicyclic amines) is 1. The highest BCUT2D eigenvalue weighted by Gasteiger charge is 2.30. The third kappa shape index (κ3) is 4.09. The minimum atomic E-state index is -3.55. The van der Waals surface area contributed by atoms with Crippen LogP contribution in [0.15, 0.2) is 29.2 Å². The summed E-state index contributed by atoms with van der Waals surface area (Å²) >= 11 is 0. The Morgan fingerprint density at radius 1 is 1.13 bits per heavy atom. The van der Waals surface area contributed by atoms with E-state index in [9.17, 15) is 18.0 Å². The van der Waals surface area contributed by atoms with Gasteiger partial charge in [-0.3, -0.25) is 9.59 Å². The number of amides is 1. The van der Waals surface area contributed by atoms with Crippen LogP contribution in [-0.2, 0) is 26.1 Å². The summed E-state index contributed by atoms with van der Waals surface area (Å²) in [5.41, 5.74) is 1.35. The standard InChI is InChI=1S/C21H29N3O5S/c1-5-24-18-8-7-17(30(27,28)22(3)4)13-16(18)14-19(24)20(25)23-11-9-15(10-12-23)21(26)29-6-2/h7-8,13-15H,5-6,9-12H2,1-4H3. The molecular weight excluding hydrogens is 406 g/mol. The first-order chi connectivity index (χ1) is 14.2. The van der Waals surface area contributed by atoms with Gasteiger partial charge in [0.15, 0.2) is 0 Å². The Kier molecular flexibility index (Phi) is 6.52. The van der Waals surface area contributed by atoms with E-state index in [-0.39, 0.29) is 22.7 Å². The number of esters is 1. The van der Waals surface area contributed by atoms with Gasteiger partial charge in [0.25, 0.3) is 5.91 Å². The van der Waals surface area contributed by atoms with Gasteiger partial charge in [0.05, 0.1) is 17.4 Å². The second kappa shape index (κ2) is 8.77. The van der Waals surface area contributed by atoms with Gasteiger partial charge in [0.1, 0.15) is 5.69 Å². The van der Waals surface area contributed by atoms with Crippen molar-refractivity contribution < 1.29 is 22.7 Å². The van der Waals surface area contributed by atoms with Crippen LogP contribution < -0.4 is 0 Å². The highest BCUT2D eigenvalue weighted by atomic mass is 32.2. The smallest absolute Gasteiger partial charge is 0.309 e. The maximum Gasteiger partial charge on any atom is 0.309 e. The first-order valence-corrected chi connectivity index (χ1v) is 11.7. The average molecular weight is 436 g/mol. The fourth-order valence-electron chi connectivity index (χ4n) is 3.88. The Morgan fingerprint density at radius 2 is 1.80 bits per heavy atom. The highest BCUT2D eigenvalue weighted by Crippen LogP contribution is 2.27. The predicted molar refractivity (Wildman–Crippen MR) is 114 cm³/mol. The van der Waals surface area contributed by atoms with Gasteiger partial charge in [-0.05, 0) is 51.0 Å². The number of aromatic nitrogens is 1. The van der Waals surface area contributed by atoms with Crippen molar-refractivity contribution in [3.8, 4) is 0 Å². The molecule has 0 atom stereocenters. The predicted octanol–water partition coefficient (Wildman–Crippen LogP) is 2.33. The fourth-order valence-corrected chi connectivity index (χ4v) is 4.82. The average Bonchev–Trinajstić information content (AvgIpc) is 3.11. The van der Waals surface area contributed by atoms with E-state index in [0.29, 0.717) is 50.2 Å². The summed E-state index contributed by atoms with van der Waals surface area (Å²) < 4.78 is 33.1. The number of benzene rings is 1. The van der Waals surface area contributed by atoms with Crippen molar-refractivity contribution in [2.75, 3.05) is 33.8 Å². The molecule has 1 fully saturated rings. The fraction of sp³-hybridized carbons (Fsp3) is 0.524. The van der Waals surface area contributed by atoms with Gasteiger partial charge in [-0.2, -0.15) is 0 Å². The Morgan fingerprint density at radius 3 is 2.37 bits per heavy atom. The Labute approximate surface area is 177 Å². The maximum absolute atomic E-state index is 13.2. The summed E-state index contributed by atoms with van der Waals surface area (Å²) in [7, 11) is -0.570. The topological polar surface area (TPSA) is 88.9 Å². The van der Waals surface area contributed by atoms with Crippen LogP contribution >= 0.6 is 0 Å². The number of hydrogen-bond acceptors (Lipinski definition) is 5. The molecule has 0 saturated carbocycles. The monoisotopic (exact) mass is 435 g/mol. The van der Waals surface area contributed by atoms with Crippen LogP contribution in [0, 0.1) is 5.92 Å². The van der Waals surface area contributed by atoms with E-state index in [0.717, 1.165) is 5.52 Å². The number of carbonyl (C=O) groups is 2. The van der Waals surface area contributed by atoms with Crippen molar-refractivity contribution in [2.24, 2.45) is 5.92 Å². The van der Waals surface area contributed by atoms with E-state index < -0.39 is 10.0 Å². The molecule has 2 aromatic rings. The molecule has 3 rings (SSSR count).